The molecular formula is C23H30N4O4. The molecule has 1 aromatic rings. The van der Waals surface area contributed by atoms with Gasteiger partial charge >= 0.3 is 0 Å². The summed E-state index contributed by atoms with van der Waals surface area (Å²) in [4.78, 5) is 31.1. The van der Waals surface area contributed by atoms with E-state index in [1.165, 1.54) is 4.90 Å². The van der Waals surface area contributed by atoms with Crippen molar-refractivity contribution in [2.75, 3.05) is 40.9 Å². The van der Waals surface area contributed by atoms with Crippen LogP contribution < -0.4 is 20.1 Å². The minimum Gasteiger partial charge on any atom is -0.493 e. The molecule has 2 fully saturated rings. The molecule has 1 saturated heterocycles. The number of nitrogens with one attached hydrogen (secondary N) is 2. The van der Waals surface area contributed by atoms with Crippen LogP contribution in [0.4, 0.5) is 0 Å². The molecule has 2 N–H and O–H groups in total. The molecule has 0 aromatic heterocycles. The first-order chi connectivity index (χ1) is 15.1. The van der Waals surface area contributed by atoms with Gasteiger partial charge in [0.25, 0.3) is 0 Å². The van der Waals surface area contributed by atoms with Gasteiger partial charge in [-0.3, -0.25) is 19.5 Å². The average molecular weight is 427 g/mol. The zero-order chi connectivity index (χ0) is 22.0. The number of carbonyl (C=O) groups excluding carboxylic acids is 2. The molecule has 1 aliphatic heterocycles. The number of imide groups is 1. The summed E-state index contributed by atoms with van der Waals surface area (Å²) in [5.74, 6) is 2.25. The maximum Gasteiger partial charge on any atom is 0.233 e. The van der Waals surface area contributed by atoms with Crippen molar-refractivity contribution in [3.63, 3.8) is 0 Å². The number of methoxy groups -OCH3 is 2. The van der Waals surface area contributed by atoms with E-state index in [2.05, 4.69) is 27.8 Å². The number of nitrogens with zero attached hydrogens (tertiary/aromatic N) is 2. The Hall–Kier alpha value is -3.03. The summed E-state index contributed by atoms with van der Waals surface area (Å²) in [5.41, 5.74) is 1.11. The highest BCUT2D eigenvalue weighted by atomic mass is 16.5. The van der Waals surface area contributed by atoms with Crippen LogP contribution in [0.15, 0.2) is 35.3 Å². The Labute approximate surface area is 182 Å². The van der Waals surface area contributed by atoms with E-state index in [-0.39, 0.29) is 35.5 Å². The molecule has 1 aromatic carbocycles. The van der Waals surface area contributed by atoms with Crippen LogP contribution in [0.5, 0.6) is 11.5 Å². The molecule has 1 heterocycles. The second-order valence-corrected chi connectivity index (χ2v) is 8.19. The largest absolute Gasteiger partial charge is 0.493 e. The number of aliphatic imine (C=N–C) groups is 1. The first-order valence-electron chi connectivity index (χ1n) is 10.8. The summed E-state index contributed by atoms with van der Waals surface area (Å²) in [7, 11) is 4.94. The predicted molar refractivity (Wildman–Crippen MR) is 117 cm³/mol. The lowest BCUT2D eigenvalue weighted by Gasteiger charge is -2.18. The molecule has 4 unspecified atom stereocenters. The third kappa shape index (κ3) is 3.98. The van der Waals surface area contributed by atoms with Crippen molar-refractivity contribution in [2.24, 2.45) is 28.7 Å². The average Bonchev–Trinajstić information content (AvgIpc) is 3.47. The molecule has 4 atom stereocenters. The summed E-state index contributed by atoms with van der Waals surface area (Å²) >= 11 is 0. The lowest BCUT2D eigenvalue weighted by atomic mass is 9.85. The van der Waals surface area contributed by atoms with Crippen molar-refractivity contribution >= 4 is 17.8 Å². The van der Waals surface area contributed by atoms with Crippen molar-refractivity contribution in [3.05, 3.63) is 35.9 Å². The van der Waals surface area contributed by atoms with Crippen LogP contribution >= 0.6 is 0 Å². The normalized spacial score (nSPS) is 26.4. The Balaban J connectivity index is 1.23. The van der Waals surface area contributed by atoms with Gasteiger partial charge in [0.15, 0.2) is 17.5 Å². The Morgan fingerprint density at radius 2 is 1.68 bits per heavy atom. The number of carbonyl (C=O) groups is 2. The van der Waals surface area contributed by atoms with E-state index in [1.807, 2.05) is 18.2 Å². The van der Waals surface area contributed by atoms with Crippen molar-refractivity contribution in [1.29, 1.82) is 0 Å². The van der Waals surface area contributed by atoms with Gasteiger partial charge in [-0.15, -0.1) is 0 Å². The van der Waals surface area contributed by atoms with Crippen LogP contribution in [0.2, 0.25) is 0 Å². The van der Waals surface area contributed by atoms with E-state index in [0.29, 0.717) is 37.1 Å². The number of amides is 2. The molecule has 2 bridgehead atoms. The van der Waals surface area contributed by atoms with Gasteiger partial charge in [-0.25, -0.2) is 0 Å². The van der Waals surface area contributed by atoms with Crippen LogP contribution in [0.3, 0.4) is 0 Å². The lowest BCUT2D eigenvalue weighted by Crippen LogP contribution is -2.44. The van der Waals surface area contributed by atoms with Crippen molar-refractivity contribution in [3.8, 4) is 11.5 Å². The van der Waals surface area contributed by atoms with E-state index in [0.717, 1.165) is 18.4 Å². The minimum atomic E-state index is -0.138. The van der Waals surface area contributed by atoms with Gasteiger partial charge in [-0.05, 0) is 42.4 Å². The fraction of sp³-hybridized carbons (Fsp3) is 0.522. The van der Waals surface area contributed by atoms with Gasteiger partial charge in [0.2, 0.25) is 11.8 Å². The Morgan fingerprint density at radius 1 is 1.03 bits per heavy atom. The van der Waals surface area contributed by atoms with Crippen LogP contribution in [0.25, 0.3) is 0 Å². The van der Waals surface area contributed by atoms with Crippen LogP contribution in [0, 0.1) is 23.7 Å². The number of allylic oxidation sites excluding steroid dienone is 2. The van der Waals surface area contributed by atoms with Gasteiger partial charge in [0, 0.05) is 26.7 Å². The SMILES string of the molecule is CN=C(NCCc1ccc(OC)c(OC)c1)NCCN1C(=O)C2C3C=CC(C3)C2C1=O. The fourth-order valence-electron chi connectivity index (χ4n) is 5.05. The van der Waals surface area contributed by atoms with E-state index in [9.17, 15) is 9.59 Å². The van der Waals surface area contributed by atoms with Gasteiger partial charge in [0.1, 0.15) is 0 Å². The molecule has 31 heavy (non-hydrogen) atoms. The highest BCUT2D eigenvalue weighted by molar-refractivity contribution is 6.06. The molecule has 4 rings (SSSR count). The number of ether oxygens (including phenoxy) is 2. The monoisotopic (exact) mass is 426 g/mol. The third-order valence-electron chi connectivity index (χ3n) is 6.57. The molecule has 8 heteroatoms. The fourth-order valence-corrected chi connectivity index (χ4v) is 5.05. The second-order valence-electron chi connectivity index (χ2n) is 8.19. The van der Waals surface area contributed by atoms with Gasteiger partial charge in [-0.2, -0.15) is 0 Å². The molecule has 2 aliphatic carbocycles. The van der Waals surface area contributed by atoms with E-state index >= 15 is 0 Å². The van der Waals surface area contributed by atoms with Crippen LogP contribution in [-0.4, -0.2) is 63.6 Å². The van der Waals surface area contributed by atoms with Gasteiger partial charge < -0.3 is 20.1 Å². The van der Waals surface area contributed by atoms with Crippen LogP contribution in [-0.2, 0) is 16.0 Å². The number of guanidine groups is 1. The minimum absolute atomic E-state index is 0.00921. The van der Waals surface area contributed by atoms with Crippen molar-refractivity contribution < 1.29 is 19.1 Å². The Kier molecular flexibility index (Phi) is 6.15. The quantitative estimate of drug-likeness (QED) is 0.281. The molecule has 0 spiro atoms. The maximum atomic E-state index is 12.7. The summed E-state index contributed by atoms with van der Waals surface area (Å²) < 4.78 is 10.6. The van der Waals surface area contributed by atoms with Crippen molar-refractivity contribution in [1.82, 2.24) is 15.5 Å². The second kappa shape index (κ2) is 8.99. The third-order valence-corrected chi connectivity index (χ3v) is 6.57. The number of hydrogen-bond acceptors (Lipinski definition) is 5. The molecule has 8 nitrogen and oxygen atoms in total. The molecule has 2 amide bonds. The molecule has 3 aliphatic rings. The van der Waals surface area contributed by atoms with Gasteiger partial charge in [0.05, 0.1) is 26.1 Å². The van der Waals surface area contributed by atoms with E-state index in [4.69, 9.17) is 9.47 Å². The predicted octanol–water partition coefficient (Wildman–Crippen LogP) is 1.22. The Bertz CT molecular complexity index is 883. The zero-order valence-electron chi connectivity index (χ0n) is 18.3. The summed E-state index contributed by atoms with van der Waals surface area (Å²) in [5, 5.41) is 6.46. The summed E-state index contributed by atoms with van der Waals surface area (Å²) in [6.07, 6.45) is 5.96. The first-order valence-corrected chi connectivity index (χ1v) is 10.8. The standard InChI is InChI=1S/C23H30N4O4/c1-24-23(25-9-8-14-4-7-17(30-2)18(12-14)31-3)26-10-11-27-21(28)19-15-5-6-16(13-15)20(19)22(27)29/h4-7,12,15-16,19-20H,8-11,13H2,1-3H3,(H2,24,25,26). The number of rotatable bonds is 8. The smallest absolute Gasteiger partial charge is 0.233 e. The van der Waals surface area contributed by atoms with E-state index < -0.39 is 0 Å². The lowest BCUT2D eigenvalue weighted by molar-refractivity contribution is -0.140. The first kappa shape index (κ1) is 21.2. The summed E-state index contributed by atoms with van der Waals surface area (Å²) in [6, 6.07) is 5.85. The molecule has 0 radical (unpaired) electrons. The summed E-state index contributed by atoms with van der Waals surface area (Å²) in [6.45, 7) is 1.51. The van der Waals surface area contributed by atoms with Crippen LogP contribution in [0.1, 0.15) is 12.0 Å². The highest BCUT2D eigenvalue weighted by Crippen LogP contribution is 2.52. The topological polar surface area (TPSA) is 92.3 Å². The number of fused-ring (bicyclic) bond motifs is 5. The number of benzene rings is 1. The maximum absolute atomic E-state index is 12.7. The van der Waals surface area contributed by atoms with E-state index in [1.54, 1.807) is 21.3 Å². The number of hydrogen-bond donors (Lipinski definition) is 2. The van der Waals surface area contributed by atoms with Gasteiger partial charge in [-0.1, -0.05) is 18.2 Å². The number of likely N-dealkylation sites (tertiary alicyclic amines) is 1. The van der Waals surface area contributed by atoms with Crippen molar-refractivity contribution in [2.45, 2.75) is 12.8 Å². The highest BCUT2D eigenvalue weighted by Gasteiger charge is 2.58. The molecular weight excluding hydrogens is 396 g/mol. The Morgan fingerprint density at radius 3 is 2.29 bits per heavy atom. The molecule has 166 valence electrons. The zero-order valence-corrected chi connectivity index (χ0v) is 18.3. The molecule has 1 saturated carbocycles.